The molecule has 0 amide bonds. The molecule has 0 rings (SSSR count). The Morgan fingerprint density at radius 1 is 1.40 bits per heavy atom. The van der Waals surface area contributed by atoms with Gasteiger partial charge in [-0.25, -0.2) is 4.39 Å². The molecular weight excluding hydrogens is 129 g/mol. The molecule has 2 heteroatoms. The van der Waals surface area contributed by atoms with Gasteiger partial charge in [0, 0.05) is 5.54 Å². The third kappa shape index (κ3) is 3.83. The Morgan fingerprint density at radius 3 is 1.90 bits per heavy atom. The van der Waals surface area contributed by atoms with E-state index in [9.17, 15) is 4.39 Å². The summed E-state index contributed by atoms with van der Waals surface area (Å²) in [4.78, 5) is 0. The van der Waals surface area contributed by atoms with E-state index in [4.69, 9.17) is 5.73 Å². The zero-order chi connectivity index (χ0) is 8.36. The van der Waals surface area contributed by atoms with Crippen LogP contribution in [0.2, 0.25) is 0 Å². The highest BCUT2D eigenvalue weighted by atomic mass is 19.1. The Hall–Kier alpha value is -0.110. The Kier molecular flexibility index (Phi) is 3.29. The maximum atomic E-state index is 13.0. The minimum Gasteiger partial charge on any atom is -0.323 e. The molecule has 0 heterocycles. The fourth-order valence-electron chi connectivity index (χ4n) is 0.718. The first-order valence-corrected chi connectivity index (χ1v) is 3.77. The summed E-state index contributed by atoms with van der Waals surface area (Å²) in [5.41, 5.74) is 4.88. The van der Waals surface area contributed by atoms with Gasteiger partial charge in [-0.1, -0.05) is 13.8 Å². The minimum absolute atomic E-state index is 0.387. The molecule has 0 spiro atoms. The van der Waals surface area contributed by atoms with E-state index in [1.807, 2.05) is 13.8 Å². The topological polar surface area (TPSA) is 26.0 Å². The Balaban J connectivity index is 3.73. The summed E-state index contributed by atoms with van der Waals surface area (Å²) < 4.78 is 13.0. The van der Waals surface area contributed by atoms with Crippen LogP contribution in [-0.4, -0.2) is 11.7 Å². The largest absolute Gasteiger partial charge is 0.323 e. The number of hydrogen-bond acceptors (Lipinski definition) is 1. The first-order valence-electron chi connectivity index (χ1n) is 3.77. The average molecular weight is 147 g/mol. The van der Waals surface area contributed by atoms with Crippen molar-refractivity contribution in [1.82, 2.24) is 0 Å². The Labute approximate surface area is 62.8 Å². The molecule has 0 aliphatic heterocycles. The monoisotopic (exact) mass is 147 g/mol. The lowest BCUT2D eigenvalue weighted by atomic mass is 9.93. The van der Waals surface area contributed by atoms with Gasteiger partial charge in [0.1, 0.15) is 6.17 Å². The second kappa shape index (κ2) is 3.33. The van der Waals surface area contributed by atoms with Crippen LogP contribution in [-0.2, 0) is 0 Å². The number of nitrogens with two attached hydrogens (primary N) is 1. The van der Waals surface area contributed by atoms with Gasteiger partial charge in [0.05, 0.1) is 0 Å². The first-order chi connectivity index (χ1) is 4.34. The van der Waals surface area contributed by atoms with E-state index < -0.39 is 11.7 Å². The normalized spacial score (nSPS) is 15.9. The molecule has 0 aromatic carbocycles. The van der Waals surface area contributed by atoms with Gasteiger partial charge in [0.25, 0.3) is 0 Å². The summed E-state index contributed by atoms with van der Waals surface area (Å²) in [6.07, 6.45) is -0.323. The van der Waals surface area contributed by atoms with Crippen molar-refractivity contribution in [2.75, 3.05) is 0 Å². The van der Waals surface area contributed by atoms with Crippen LogP contribution in [0.1, 0.15) is 34.1 Å². The van der Waals surface area contributed by atoms with Crippen LogP contribution >= 0.6 is 0 Å². The molecule has 0 bridgehead atoms. The highest BCUT2D eigenvalue weighted by Gasteiger charge is 2.24. The second-order valence-corrected chi connectivity index (χ2v) is 3.92. The van der Waals surface area contributed by atoms with E-state index in [1.165, 1.54) is 0 Å². The summed E-state index contributed by atoms with van der Waals surface area (Å²) in [5.74, 6) is 0.387. The van der Waals surface area contributed by atoms with Crippen molar-refractivity contribution in [1.29, 1.82) is 0 Å². The summed E-state index contributed by atoms with van der Waals surface area (Å²) in [7, 11) is 0. The second-order valence-electron chi connectivity index (χ2n) is 3.92. The van der Waals surface area contributed by atoms with Gasteiger partial charge in [-0.05, 0) is 26.2 Å². The van der Waals surface area contributed by atoms with Gasteiger partial charge in [-0.3, -0.25) is 0 Å². The molecule has 0 aromatic rings. The van der Waals surface area contributed by atoms with Crippen molar-refractivity contribution in [2.24, 2.45) is 11.7 Å². The lowest BCUT2D eigenvalue weighted by Gasteiger charge is -2.24. The molecule has 0 saturated heterocycles. The van der Waals surface area contributed by atoms with E-state index in [2.05, 4.69) is 0 Å². The van der Waals surface area contributed by atoms with Gasteiger partial charge < -0.3 is 5.73 Å². The molecule has 62 valence electrons. The maximum Gasteiger partial charge on any atom is 0.118 e. The van der Waals surface area contributed by atoms with Gasteiger partial charge in [0.2, 0.25) is 0 Å². The third-order valence-electron chi connectivity index (χ3n) is 1.49. The molecule has 0 aromatic heterocycles. The van der Waals surface area contributed by atoms with Crippen LogP contribution in [0.25, 0.3) is 0 Å². The zero-order valence-corrected chi connectivity index (χ0v) is 7.32. The van der Waals surface area contributed by atoms with Crippen LogP contribution in [0.15, 0.2) is 0 Å². The number of alkyl halides is 1. The van der Waals surface area contributed by atoms with Crippen LogP contribution in [0.5, 0.6) is 0 Å². The SMILES string of the molecule is CC(C)CC(F)C(C)(C)N. The Bertz CT molecular complexity index is 93.9. The molecule has 0 fully saturated rings. The van der Waals surface area contributed by atoms with Crippen molar-refractivity contribution in [3.63, 3.8) is 0 Å². The van der Waals surface area contributed by atoms with Gasteiger partial charge in [-0.15, -0.1) is 0 Å². The van der Waals surface area contributed by atoms with Crippen LogP contribution in [0, 0.1) is 5.92 Å². The lowest BCUT2D eigenvalue weighted by Crippen LogP contribution is -2.43. The minimum atomic E-state index is -0.882. The molecule has 0 aliphatic rings. The van der Waals surface area contributed by atoms with Gasteiger partial charge >= 0.3 is 0 Å². The molecule has 1 atom stereocenters. The number of halogens is 1. The highest BCUT2D eigenvalue weighted by Crippen LogP contribution is 2.17. The van der Waals surface area contributed by atoms with Crippen molar-refractivity contribution in [3.8, 4) is 0 Å². The van der Waals surface area contributed by atoms with Crippen LogP contribution < -0.4 is 5.73 Å². The van der Waals surface area contributed by atoms with Crippen LogP contribution in [0.4, 0.5) is 4.39 Å². The van der Waals surface area contributed by atoms with Crippen molar-refractivity contribution < 1.29 is 4.39 Å². The zero-order valence-electron chi connectivity index (χ0n) is 7.32. The van der Waals surface area contributed by atoms with E-state index in [1.54, 1.807) is 13.8 Å². The van der Waals surface area contributed by atoms with E-state index >= 15 is 0 Å². The van der Waals surface area contributed by atoms with Crippen molar-refractivity contribution >= 4 is 0 Å². The molecule has 1 nitrogen and oxygen atoms in total. The molecule has 0 aliphatic carbocycles. The predicted octanol–water partition coefficient (Wildman–Crippen LogP) is 2.11. The third-order valence-corrected chi connectivity index (χ3v) is 1.49. The van der Waals surface area contributed by atoms with Gasteiger partial charge in [-0.2, -0.15) is 0 Å². The molecule has 1 unspecified atom stereocenters. The fourth-order valence-corrected chi connectivity index (χ4v) is 0.718. The predicted molar refractivity (Wildman–Crippen MR) is 42.6 cm³/mol. The van der Waals surface area contributed by atoms with E-state index in [-0.39, 0.29) is 0 Å². The maximum absolute atomic E-state index is 13.0. The van der Waals surface area contributed by atoms with Crippen LogP contribution in [0.3, 0.4) is 0 Å². The summed E-state index contributed by atoms with van der Waals surface area (Å²) in [6, 6.07) is 0. The first kappa shape index (κ1) is 9.89. The Morgan fingerprint density at radius 2 is 1.80 bits per heavy atom. The molecular formula is C8H18FN. The van der Waals surface area contributed by atoms with E-state index in [0.29, 0.717) is 12.3 Å². The standard InChI is InChI=1S/C8H18FN/c1-6(2)5-7(9)8(3,4)10/h6-7H,5,10H2,1-4H3. The summed E-state index contributed by atoms with van der Waals surface area (Å²) in [6.45, 7) is 7.44. The van der Waals surface area contributed by atoms with E-state index in [0.717, 1.165) is 0 Å². The number of hydrogen-bond donors (Lipinski definition) is 1. The van der Waals surface area contributed by atoms with Gasteiger partial charge in [0.15, 0.2) is 0 Å². The summed E-state index contributed by atoms with van der Waals surface area (Å²) in [5, 5.41) is 0. The molecule has 10 heavy (non-hydrogen) atoms. The van der Waals surface area contributed by atoms with Crippen molar-refractivity contribution in [2.45, 2.75) is 45.8 Å². The highest BCUT2D eigenvalue weighted by molar-refractivity contribution is 4.82. The number of rotatable bonds is 3. The molecule has 0 saturated carbocycles. The smallest absolute Gasteiger partial charge is 0.118 e. The summed E-state index contributed by atoms with van der Waals surface area (Å²) >= 11 is 0. The molecule has 2 N–H and O–H groups in total. The quantitative estimate of drug-likeness (QED) is 0.650. The van der Waals surface area contributed by atoms with Crippen molar-refractivity contribution in [3.05, 3.63) is 0 Å². The molecule has 0 radical (unpaired) electrons. The average Bonchev–Trinajstić information content (AvgIpc) is 1.60. The lowest BCUT2D eigenvalue weighted by molar-refractivity contribution is 0.187. The fraction of sp³-hybridized carbons (Fsp3) is 1.00.